The predicted molar refractivity (Wildman–Crippen MR) is 216 cm³/mol. The van der Waals surface area contributed by atoms with E-state index in [2.05, 4.69) is 179 Å². The highest BCUT2D eigenvalue weighted by atomic mass is 30.3. The van der Waals surface area contributed by atoms with E-state index in [1.165, 1.54) is 0 Å². The fraction of sp³-hybridized carbons (Fsp3) is 1.00. The van der Waals surface area contributed by atoms with Gasteiger partial charge in [-0.2, -0.15) is 0 Å². The molecule has 0 amide bonds. The van der Waals surface area contributed by atoms with Crippen LogP contribution in [0.4, 0.5) is 0 Å². The lowest BCUT2D eigenvalue weighted by Crippen LogP contribution is -3.00. The molecule has 0 fully saturated rings. The Morgan fingerprint density at radius 1 is 0.452 bits per heavy atom. The van der Waals surface area contributed by atoms with Crippen LogP contribution in [0.2, 0.25) is 59.9 Å². The van der Waals surface area contributed by atoms with E-state index < -0.39 is 57.6 Å². The van der Waals surface area contributed by atoms with Gasteiger partial charge in [-0.15, -0.1) is 0 Å². The van der Waals surface area contributed by atoms with Gasteiger partial charge in [0.2, 0.25) is 7.11 Å². The molecular weight excluding hydrogens is 617 g/mol. The molecule has 0 spiro atoms. The Labute approximate surface area is 279 Å². The van der Waals surface area contributed by atoms with Gasteiger partial charge in [-0.05, 0) is 40.3 Å². The van der Waals surface area contributed by atoms with Gasteiger partial charge in [-0.1, -0.05) is 186 Å². The van der Waals surface area contributed by atoms with Crippen molar-refractivity contribution in [2.45, 2.75) is 226 Å². The molecule has 1 aliphatic rings. The summed E-state index contributed by atoms with van der Waals surface area (Å²) in [6.45, 7) is 63.5. The minimum atomic E-state index is -3.03. The van der Waals surface area contributed by atoms with Crippen molar-refractivity contribution in [1.82, 2.24) is 0 Å². The van der Waals surface area contributed by atoms with Crippen LogP contribution in [0.15, 0.2) is 0 Å². The van der Waals surface area contributed by atoms with Crippen LogP contribution in [0.1, 0.15) is 170 Å². The number of hydrogen-bond acceptors (Lipinski definition) is 0. The molecule has 7 heteroatoms. The maximum atomic E-state index is 9.97. The Bertz CT molecular complexity index is 1060. The van der Waals surface area contributed by atoms with Crippen LogP contribution in [-0.2, 0) is 0 Å². The molecule has 0 N–H and O–H groups in total. The van der Waals surface area contributed by atoms with Crippen LogP contribution in [0.3, 0.4) is 0 Å². The number of hydrogen-bond donors (Lipinski definition) is 0. The monoisotopic (exact) mass is 700 g/mol. The molecule has 0 aromatic heterocycles. The molecule has 0 saturated heterocycles. The maximum absolute atomic E-state index is 9.97. The zero-order valence-electron chi connectivity index (χ0n) is 37.0. The molecular formula is C35H81Si7+. The van der Waals surface area contributed by atoms with Crippen molar-refractivity contribution < 1.29 is 4.11 Å². The second-order valence-electron chi connectivity index (χ2n) is 22.9. The van der Waals surface area contributed by atoms with Gasteiger partial charge < -0.3 is 0 Å². The summed E-state index contributed by atoms with van der Waals surface area (Å²) in [6.07, 6.45) is 0. The molecule has 0 bridgehead atoms. The van der Waals surface area contributed by atoms with Crippen LogP contribution in [-0.4, -0.2) is 51.1 Å². The minimum absolute atomic E-state index is 0.191. The van der Waals surface area contributed by atoms with Crippen LogP contribution < -0.4 is 0 Å². The lowest BCUT2D eigenvalue weighted by atomic mass is 10.2. The standard InChI is InChI=1S/C35H81Si7/c1-28(2,3)39(25,29(4,5)6)36-37(40(26,30(7,8)9)31(10,11)12)42(34(19,20)21,35(22,23)24)38(36)41(27,32(13,14)15)33(16,17)18/h1-27H3/q+1/i25D3. The number of rotatable bonds is 3. The average molecular weight is 702 g/mol. The highest BCUT2D eigenvalue weighted by molar-refractivity contribution is 8.14. The normalized spacial score (nSPS) is 20.7. The summed E-state index contributed by atoms with van der Waals surface area (Å²) in [6, 6.07) is 0. The Kier molecular flexibility index (Phi) is 9.32. The Hall–Kier alpha value is 1.52. The molecule has 0 saturated carbocycles. The Morgan fingerprint density at radius 3 is 0.881 bits per heavy atom. The van der Waals surface area contributed by atoms with Gasteiger partial charge in [0.1, 0.15) is 44.0 Å². The molecule has 248 valence electrons. The molecule has 1 rings (SSSR count). The largest absolute Gasteiger partial charge is 0.220 e. The third-order valence-electron chi connectivity index (χ3n) is 13.1. The van der Waals surface area contributed by atoms with E-state index in [0.717, 1.165) is 0 Å². The molecule has 0 nitrogen and oxygen atoms in total. The van der Waals surface area contributed by atoms with Crippen molar-refractivity contribution in [2.75, 3.05) is 0 Å². The van der Waals surface area contributed by atoms with Crippen LogP contribution in [0, 0.1) is 0 Å². The molecule has 0 unspecified atom stereocenters. The van der Waals surface area contributed by atoms with Gasteiger partial charge >= 0.3 is 0 Å². The van der Waals surface area contributed by atoms with E-state index in [9.17, 15) is 4.11 Å². The van der Waals surface area contributed by atoms with E-state index in [1.54, 1.807) is 0 Å². The van der Waals surface area contributed by atoms with E-state index >= 15 is 0 Å². The molecule has 0 atom stereocenters. The van der Waals surface area contributed by atoms with Crippen molar-refractivity contribution >= 4 is 51.1 Å². The van der Waals surface area contributed by atoms with E-state index in [1.807, 2.05) is 0 Å². The first-order valence-corrected chi connectivity index (χ1v) is 37.5. The molecule has 42 heavy (non-hydrogen) atoms. The highest BCUT2D eigenvalue weighted by Crippen LogP contribution is 2.69. The topological polar surface area (TPSA) is 0 Å². The summed E-state index contributed by atoms with van der Waals surface area (Å²) in [5, 5.41) is 0.942. The van der Waals surface area contributed by atoms with Gasteiger partial charge in [-0.3, -0.25) is 0 Å². The van der Waals surface area contributed by atoms with E-state index in [4.69, 9.17) is 0 Å². The van der Waals surface area contributed by atoms with Crippen molar-refractivity contribution in [3.63, 3.8) is 0 Å². The molecule has 0 aliphatic carbocycles. The molecule has 0 aromatic carbocycles. The van der Waals surface area contributed by atoms with Gasteiger partial charge in [-0.25, -0.2) is 0 Å². The maximum Gasteiger partial charge on any atom is 0.220 e. The highest BCUT2D eigenvalue weighted by Gasteiger charge is 2.90. The van der Waals surface area contributed by atoms with Crippen molar-refractivity contribution in [1.29, 1.82) is 0 Å². The van der Waals surface area contributed by atoms with Crippen molar-refractivity contribution in [3.05, 3.63) is 0 Å². The molecule has 1 aliphatic heterocycles. The fourth-order valence-electron chi connectivity index (χ4n) is 10.4. The van der Waals surface area contributed by atoms with Crippen molar-refractivity contribution in [2.24, 2.45) is 0 Å². The lowest BCUT2D eigenvalue weighted by Gasteiger charge is -2.70. The summed E-state index contributed by atoms with van der Waals surface area (Å²) >= 11 is 0. The van der Waals surface area contributed by atoms with Crippen LogP contribution >= 0.6 is 0 Å². The molecule has 0 radical (unpaired) electrons. The lowest BCUT2D eigenvalue weighted by molar-refractivity contribution is 0.626. The summed E-state index contributed by atoms with van der Waals surface area (Å²) in [5.74, 6) is 0. The zero-order valence-corrected chi connectivity index (χ0v) is 41.0. The molecule has 1 heterocycles. The molecule has 0 aromatic rings. The third kappa shape index (κ3) is 5.48. The van der Waals surface area contributed by atoms with Gasteiger partial charge in [0.15, 0.2) is 0 Å². The summed E-state index contributed by atoms with van der Waals surface area (Å²) in [4.78, 5) is 0. The first-order chi connectivity index (χ1) is 18.9. The second kappa shape index (κ2) is 10.8. The Balaban J connectivity index is 5.52. The van der Waals surface area contributed by atoms with Crippen LogP contribution in [0.5, 0.6) is 0 Å². The van der Waals surface area contributed by atoms with Gasteiger partial charge in [0.05, 0.1) is 0 Å². The van der Waals surface area contributed by atoms with Crippen molar-refractivity contribution in [3.8, 4) is 0 Å². The zero-order chi connectivity index (χ0) is 37.2. The SMILES string of the molecule is [2H]C([2H])([2H])[Si]([Si]1=[Si]([Si](C)(C(C)(C)C)C(C)(C)C)[Si](C(C)(C)C)(C(C)(C)C)[Si+]1[Si](C)(C(C)(C)C)C(C)(C)C)(C(C)(C)C)C(C)(C)C. The fourth-order valence-corrected chi connectivity index (χ4v) is 305. The predicted octanol–water partition coefficient (Wildman–Crippen LogP) is 13.1. The minimum Gasteiger partial charge on any atom is -0.0659 e. The average Bonchev–Trinajstić information content (AvgIpc) is 2.61. The summed E-state index contributed by atoms with van der Waals surface area (Å²) in [7, 11) is -10.5. The first-order valence-electron chi connectivity index (χ1n) is 18.5. The third-order valence-corrected chi connectivity index (χ3v) is 165. The van der Waals surface area contributed by atoms with E-state index in [0.29, 0.717) is 0 Å². The summed E-state index contributed by atoms with van der Waals surface area (Å²) in [5.41, 5.74) is 0. The summed E-state index contributed by atoms with van der Waals surface area (Å²) < 4.78 is 29.9. The smallest absolute Gasteiger partial charge is 0.0659 e. The van der Waals surface area contributed by atoms with Gasteiger partial charge in [0, 0.05) is 4.11 Å². The van der Waals surface area contributed by atoms with Gasteiger partial charge in [0.25, 0.3) is 0 Å². The Morgan fingerprint density at radius 2 is 0.714 bits per heavy atom. The van der Waals surface area contributed by atoms with E-state index in [-0.39, 0.29) is 40.3 Å². The first kappa shape index (κ1) is 36.4. The quantitative estimate of drug-likeness (QED) is 0.257. The van der Waals surface area contributed by atoms with Crippen LogP contribution in [0.25, 0.3) is 0 Å². The second-order valence-corrected chi connectivity index (χ2v) is 85.9.